The van der Waals surface area contributed by atoms with E-state index in [1.165, 1.54) is 5.56 Å². The first kappa shape index (κ1) is 14.7. The summed E-state index contributed by atoms with van der Waals surface area (Å²) in [7, 11) is 0. The fourth-order valence-electron chi connectivity index (χ4n) is 1.91. The first-order valence-electron chi connectivity index (χ1n) is 6.61. The van der Waals surface area contributed by atoms with Crippen LogP contribution in [-0.2, 0) is 6.42 Å². The molecule has 0 saturated heterocycles. The van der Waals surface area contributed by atoms with Crippen molar-refractivity contribution in [3.8, 4) is 0 Å². The number of rotatable bonds is 4. The van der Waals surface area contributed by atoms with Gasteiger partial charge in [-0.1, -0.05) is 31.2 Å². The Hall–Kier alpha value is -1.68. The number of pyridine rings is 1. The second-order valence-corrected chi connectivity index (χ2v) is 5.57. The number of nitrogens with zero attached hydrogens (tertiary/aromatic N) is 1. The second-order valence-electron chi connectivity index (χ2n) is 4.65. The molecular weight excluding hydrogens is 316 g/mol. The molecule has 4 heteroatoms. The minimum atomic E-state index is -0.162. The molecule has 2 aromatic rings. The van der Waals surface area contributed by atoms with Gasteiger partial charge in [0, 0.05) is 10.7 Å². The van der Waals surface area contributed by atoms with Crippen LogP contribution in [0.4, 0.5) is 0 Å². The predicted octanol–water partition coefficient (Wildman–Crippen LogP) is 3.90. The fraction of sp³-hybridized carbons (Fsp3) is 0.250. The highest BCUT2D eigenvalue weighted by molar-refractivity contribution is 9.10. The molecule has 0 aliphatic heterocycles. The van der Waals surface area contributed by atoms with Crippen LogP contribution in [0.3, 0.4) is 0 Å². The Balaban J connectivity index is 2.04. The molecule has 0 radical (unpaired) electrons. The summed E-state index contributed by atoms with van der Waals surface area (Å²) in [5.74, 6) is -0.162. The van der Waals surface area contributed by atoms with Gasteiger partial charge < -0.3 is 5.32 Å². The standard InChI is InChI=1S/C16H17BrN2O/c1-3-12-4-6-13(7-5-12)11(2)19-16(20)15-9-8-14(17)10-18-15/h4-11H,3H2,1-2H3,(H,19,20). The minimum Gasteiger partial charge on any atom is -0.344 e. The number of hydrogen-bond acceptors (Lipinski definition) is 2. The Morgan fingerprint density at radius 2 is 1.95 bits per heavy atom. The summed E-state index contributed by atoms with van der Waals surface area (Å²) in [6.45, 7) is 4.09. The quantitative estimate of drug-likeness (QED) is 0.922. The first-order chi connectivity index (χ1) is 9.60. The van der Waals surface area contributed by atoms with Gasteiger partial charge in [-0.05, 0) is 52.5 Å². The monoisotopic (exact) mass is 332 g/mol. The summed E-state index contributed by atoms with van der Waals surface area (Å²) in [5, 5.41) is 2.95. The molecule has 1 heterocycles. The van der Waals surface area contributed by atoms with Gasteiger partial charge >= 0.3 is 0 Å². The zero-order chi connectivity index (χ0) is 14.5. The van der Waals surface area contributed by atoms with E-state index in [1.807, 2.05) is 13.0 Å². The molecule has 0 saturated carbocycles. The Labute approximate surface area is 127 Å². The maximum Gasteiger partial charge on any atom is 0.270 e. The van der Waals surface area contributed by atoms with Crippen LogP contribution in [0.1, 0.15) is 41.5 Å². The van der Waals surface area contributed by atoms with Gasteiger partial charge in [0.05, 0.1) is 6.04 Å². The van der Waals surface area contributed by atoms with Crippen molar-refractivity contribution in [2.24, 2.45) is 0 Å². The van der Waals surface area contributed by atoms with Crippen LogP contribution in [0.5, 0.6) is 0 Å². The van der Waals surface area contributed by atoms with Gasteiger partial charge in [0.1, 0.15) is 5.69 Å². The maximum absolute atomic E-state index is 12.1. The lowest BCUT2D eigenvalue weighted by Crippen LogP contribution is -2.27. The largest absolute Gasteiger partial charge is 0.344 e. The highest BCUT2D eigenvalue weighted by atomic mass is 79.9. The molecule has 3 nitrogen and oxygen atoms in total. The van der Waals surface area contributed by atoms with Crippen molar-refractivity contribution in [1.82, 2.24) is 10.3 Å². The van der Waals surface area contributed by atoms with Gasteiger partial charge in [0.25, 0.3) is 5.91 Å². The van der Waals surface area contributed by atoms with Gasteiger partial charge in [-0.2, -0.15) is 0 Å². The number of carbonyl (C=O) groups excluding carboxylic acids is 1. The van der Waals surface area contributed by atoms with Gasteiger partial charge in [-0.25, -0.2) is 4.98 Å². The summed E-state index contributed by atoms with van der Waals surface area (Å²) in [6, 6.07) is 11.8. The lowest BCUT2D eigenvalue weighted by Gasteiger charge is -2.14. The third-order valence-corrected chi connectivity index (χ3v) is 3.66. The number of amides is 1. The Kier molecular flexibility index (Phi) is 4.90. The fourth-order valence-corrected chi connectivity index (χ4v) is 2.14. The molecule has 1 aromatic heterocycles. The van der Waals surface area contributed by atoms with Gasteiger partial charge in [-0.3, -0.25) is 4.79 Å². The molecule has 1 amide bonds. The van der Waals surface area contributed by atoms with Crippen molar-refractivity contribution in [2.45, 2.75) is 26.3 Å². The Morgan fingerprint density at radius 3 is 2.50 bits per heavy atom. The molecule has 20 heavy (non-hydrogen) atoms. The molecule has 1 atom stereocenters. The van der Waals surface area contributed by atoms with Crippen molar-refractivity contribution in [1.29, 1.82) is 0 Å². The summed E-state index contributed by atoms with van der Waals surface area (Å²) in [6.07, 6.45) is 2.64. The first-order valence-corrected chi connectivity index (χ1v) is 7.40. The average molecular weight is 333 g/mol. The smallest absolute Gasteiger partial charge is 0.270 e. The number of benzene rings is 1. The number of aromatic nitrogens is 1. The minimum absolute atomic E-state index is 0.0427. The molecule has 1 aromatic carbocycles. The molecule has 0 fully saturated rings. The van der Waals surface area contributed by atoms with Crippen molar-refractivity contribution >= 4 is 21.8 Å². The molecule has 1 N–H and O–H groups in total. The normalized spacial score (nSPS) is 11.9. The predicted molar refractivity (Wildman–Crippen MR) is 83.6 cm³/mol. The van der Waals surface area contributed by atoms with Crippen molar-refractivity contribution in [2.75, 3.05) is 0 Å². The summed E-state index contributed by atoms with van der Waals surface area (Å²) < 4.78 is 0.859. The third kappa shape index (κ3) is 3.67. The molecular formula is C16H17BrN2O. The van der Waals surface area contributed by atoms with Gasteiger partial charge in [0.2, 0.25) is 0 Å². The van der Waals surface area contributed by atoms with E-state index in [4.69, 9.17) is 0 Å². The molecule has 1 unspecified atom stereocenters. The second kappa shape index (κ2) is 6.66. The van der Waals surface area contributed by atoms with Gasteiger partial charge in [-0.15, -0.1) is 0 Å². The van der Waals surface area contributed by atoms with Gasteiger partial charge in [0.15, 0.2) is 0 Å². The molecule has 0 aliphatic carbocycles. The lowest BCUT2D eigenvalue weighted by atomic mass is 10.0. The van der Waals surface area contributed by atoms with Crippen LogP contribution in [-0.4, -0.2) is 10.9 Å². The van der Waals surface area contributed by atoms with Crippen LogP contribution in [0.25, 0.3) is 0 Å². The van der Waals surface area contributed by atoms with E-state index in [9.17, 15) is 4.79 Å². The average Bonchev–Trinajstić information content (AvgIpc) is 2.48. The third-order valence-electron chi connectivity index (χ3n) is 3.20. The van der Waals surface area contributed by atoms with E-state index >= 15 is 0 Å². The van der Waals surface area contributed by atoms with Crippen LogP contribution in [0, 0.1) is 0 Å². The molecule has 2 rings (SSSR count). The van der Waals surface area contributed by atoms with Crippen LogP contribution >= 0.6 is 15.9 Å². The van der Waals surface area contributed by atoms with Crippen LogP contribution in [0.2, 0.25) is 0 Å². The van der Waals surface area contributed by atoms with E-state index in [1.54, 1.807) is 12.3 Å². The highest BCUT2D eigenvalue weighted by Gasteiger charge is 2.12. The van der Waals surface area contributed by atoms with E-state index in [0.717, 1.165) is 16.5 Å². The number of carbonyl (C=O) groups is 1. The maximum atomic E-state index is 12.1. The zero-order valence-corrected chi connectivity index (χ0v) is 13.1. The van der Waals surface area contributed by atoms with Crippen LogP contribution in [0.15, 0.2) is 47.1 Å². The molecule has 0 spiro atoms. The highest BCUT2D eigenvalue weighted by Crippen LogP contribution is 2.15. The zero-order valence-electron chi connectivity index (χ0n) is 11.6. The molecule has 0 aliphatic rings. The summed E-state index contributed by atoms with van der Waals surface area (Å²) >= 11 is 3.30. The summed E-state index contributed by atoms with van der Waals surface area (Å²) in [4.78, 5) is 16.2. The number of hydrogen-bond donors (Lipinski definition) is 1. The number of nitrogens with one attached hydrogen (secondary N) is 1. The molecule has 104 valence electrons. The number of aryl methyl sites for hydroxylation is 1. The van der Waals surface area contributed by atoms with E-state index in [-0.39, 0.29) is 11.9 Å². The molecule has 0 bridgehead atoms. The van der Waals surface area contributed by atoms with E-state index in [2.05, 4.69) is 57.4 Å². The summed E-state index contributed by atoms with van der Waals surface area (Å²) in [5.41, 5.74) is 2.81. The number of halogens is 1. The van der Waals surface area contributed by atoms with E-state index < -0.39 is 0 Å². The van der Waals surface area contributed by atoms with Crippen molar-refractivity contribution in [3.05, 3.63) is 63.9 Å². The van der Waals surface area contributed by atoms with Crippen molar-refractivity contribution < 1.29 is 4.79 Å². The Bertz CT molecular complexity index is 578. The SMILES string of the molecule is CCc1ccc(C(C)NC(=O)c2ccc(Br)cn2)cc1. The Morgan fingerprint density at radius 1 is 1.25 bits per heavy atom. The lowest BCUT2D eigenvalue weighted by molar-refractivity contribution is 0.0935. The topological polar surface area (TPSA) is 42.0 Å². The van der Waals surface area contributed by atoms with Crippen LogP contribution < -0.4 is 5.32 Å². The van der Waals surface area contributed by atoms with E-state index in [0.29, 0.717) is 5.69 Å². The van der Waals surface area contributed by atoms with Crippen molar-refractivity contribution in [3.63, 3.8) is 0 Å².